The Labute approximate surface area is 167 Å². The van der Waals surface area contributed by atoms with Crippen molar-refractivity contribution in [3.63, 3.8) is 0 Å². The average molecular weight is 418 g/mol. The standard InChI is InChI=1S/C17H14N4O5S2/c1-10-19-15(9-27-10)16-3-2-14(28-16)4-5-18-17(22)11-6-12(20(23)24)8-13(7-11)21(25)26/h2-3,6-9H,4-5H2,1H3,(H,18,22). The number of carbonyl (C=O) groups excluding carboxylic acids is 1. The third-order valence-electron chi connectivity index (χ3n) is 3.78. The van der Waals surface area contributed by atoms with E-state index in [1.54, 1.807) is 22.7 Å². The molecule has 0 fully saturated rings. The fourth-order valence-electron chi connectivity index (χ4n) is 2.46. The summed E-state index contributed by atoms with van der Waals surface area (Å²) < 4.78 is 0. The van der Waals surface area contributed by atoms with Gasteiger partial charge in [0.1, 0.15) is 0 Å². The second kappa shape index (κ2) is 8.23. The Bertz CT molecular complexity index is 1030. The van der Waals surface area contributed by atoms with E-state index in [9.17, 15) is 25.0 Å². The van der Waals surface area contributed by atoms with Crippen LogP contribution in [0.2, 0.25) is 0 Å². The SMILES string of the molecule is Cc1nc(-c2ccc(CCNC(=O)c3cc([N+](=O)[O-])cc([N+](=O)[O-])c3)s2)cs1. The number of aryl methyl sites for hydroxylation is 1. The van der Waals surface area contributed by atoms with E-state index in [1.165, 1.54) is 0 Å². The average Bonchev–Trinajstić information content (AvgIpc) is 3.30. The number of non-ortho nitro benzene ring substituents is 2. The zero-order valence-electron chi connectivity index (χ0n) is 14.6. The Morgan fingerprint density at radius 2 is 1.82 bits per heavy atom. The lowest BCUT2D eigenvalue weighted by molar-refractivity contribution is -0.394. The van der Waals surface area contributed by atoms with E-state index in [1.807, 2.05) is 24.4 Å². The molecule has 0 unspecified atom stereocenters. The van der Waals surface area contributed by atoms with E-state index < -0.39 is 27.1 Å². The Hall–Kier alpha value is -3.18. The maximum Gasteiger partial charge on any atom is 0.277 e. The lowest BCUT2D eigenvalue weighted by Crippen LogP contribution is -2.25. The monoisotopic (exact) mass is 418 g/mol. The fourth-order valence-corrected chi connectivity index (χ4v) is 4.12. The number of amides is 1. The summed E-state index contributed by atoms with van der Waals surface area (Å²) in [6, 6.07) is 6.80. The van der Waals surface area contributed by atoms with Gasteiger partial charge in [-0.15, -0.1) is 22.7 Å². The van der Waals surface area contributed by atoms with Crippen LogP contribution in [0.15, 0.2) is 35.7 Å². The quantitative estimate of drug-likeness (QED) is 0.457. The molecule has 0 aliphatic carbocycles. The fraction of sp³-hybridized carbons (Fsp3) is 0.176. The normalized spacial score (nSPS) is 10.6. The number of thiazole rings is 1. The second-order valence-corrected chi connectivity index (χ2v) is 8.01. The van der Waals surface area contributed by atoms with Gasteiger partial charge in [0.2, 0.25) is 0 Å². The van der Waals surface area contributed by atoms with Gasteiger partial charge in [0.15, 0.2) is 0 Å². The van der Waals surface area contributed by atoms with Crippen LogP contribution in [0.4, 0.5) is 11.4 Å². The van der Waals surface area contributed by atoms with E-state index in [4.69, 9.17) is 0 Å². The number of nitrogens with zero attached hydrogens (tertiary/aromatic N) is 3. The van der Waals surface area contributed by atoms with Crippen molar-refractivity contribution in [2.24, 2.45) is 0 Å². The first-order valence-corrected chi connectivity index (χ1v) is 9.76. The molecule has 0 aliphatic rings. The Balaban J connectivity index is 1.64. The summed E-state index contributed by atoms with van der Waals surface area (Å²) in [7, 11) is 0. The molecule has 3 rings (SSSR count). The maximum atomic E-state index is 12.3. The van der Waals surface area contributed by atoms with E-state index >= 15 is 0 Å². The highest BCUT2D eigenvalue weighted by atomic mass is 32.1. The van der Waals surface area contributed by atoms with Gasteiger partial charge in [-0.1, -0.05) is 0 Å². The molecule has 0 aliphatic heterocycles. The van der Waals surface area contributed by atoms with E-state index in [0.29, 0.717) is 13.0 Å². The van der Waals surface area contributed by atoms with Crippen LogP contribution in [0.1, 0.15) is 20.2 Å². The minimum atomic E-state index is -0.767. The van der Waals surface area contributed by atoms with Crippen LogP contribution >= 0.6 is 22.7 Å². The van der Waals surface area contributed by atoms with Crippen molar-refractivity contribution >= 4 is 40.0 Å². The number of hydrogen-bond acceptors (Lipinski definition) is 8. The molecule has 0 spiro atoms. The summed E-state index contributed by atoms with van der Waals surface area (Å²) in [5.74, 6) is -0.598. The van der Waals surface area contributed by atoms with Gasteiger partial charge in [0.05, 0.1) is 37.1 Å². The molecule has 0 bridgehead atoms. The zero-order chi connectivity index (χ0) is 20.3. The van der Waals surface area contributed by atoms with Crippen LogP contribution in [0.25, 0.3) is 10.6 Å². The van der Waals surface area contributed by atoms with Gasteiger partial charge in [-0.3, -0.25) is 25.0 Å². The number of benzene rings is 1. The minimum absolute atomic E-state index is 0.120. The number of nitro groups is 2. The number of thiophene rings is 1. The smallest absolute Gasteiger partial charge is 0.277 e. The minimum Gasteiger partial charge on any atom is -0.352 e. The molecule has 0 radical (unpaired) electrons. The summed E-state index contributed by atoms with van der Waals surface area (Å²) in [4.78, 5) is 39.1. The summed E-state index contributed by atoms with van der Waals surface area (Å²) in [6.45, 7) is 2.24. The lowest BCUT2D eigenvalue weighted by Gasteiger charge is -2.04. The number of aromatic nitrogens is 1. The molecule has 1 N–H and O–H groups in total. The molecule has 2 aromatic heterocycles. The third kappa shape index (κ3) is 4.56. The van der Waals surface area contributed by atoms with Crippen LogP contribution in [0.5, 0.6) is 0 Å². The first-order chi connectivity index (χ1) is 13.3. The molecule has 11 heteroatoms. The Kier molecular flexibility index (Phi) is 5.76. The van der Waals surface area contributed by atoms with Crippen molar-refractivity contribution in [3.8, 4) is 10.6 Å². The number of nitro benzene ring substituents is 2. The molecule has 144 valence electrons. The summed E-state index contributed by atoms with van der Waals surface area (Å²) in [5.41, 5.74) is -0.195. The summed E-state index contributed by atoms with van der Waals surface area (Å²) in [6.07, 6.45) is 0.566. The van der Waals surface area contributed by atoms with Crippen molar-refractivity contribution in [1.29, 1.82) is 0 Å². The molecule has 0 atom stereocenters. The predicted octanol–water partition coefficient (Wildman–Crippen LogP) is 3.97. The van der Waals surface area contributed by atoms with Gasteiger partial charge >= 0.3 is 0 Å². The van der Waals surface area contributed by atoms with Crippen LogP contribution in [0.3, 0.4) is 0 Å². The molecule has 28 heavy (non-hydrogen) atoms. The summed E-state index contributed by atoms with van der Waals surface area (Å²) in [5, 5.41) is 27.5. The molecular weight excluding hydrogens is 404 g/mol. The Morgan fingerprint density at radius 1 is 1.14 bits per heavy atom. The van der Waals surface area contributed by atoms with Crippen molar-refractivity contribution in [2.45, 2.75) is 13.3 Å². The largest absolute Gasteiger partial charge is 0.352 e. The van der Waals surface area contributed by atoms with Gasteiger partial charge in [-0.05, 0) is 25.5 Å². The van der Waals surface area contributed by atoms with Crippen molar-refractivity contribution in [1.82, 2.24) is 10.3 Å². The van der Waals surface area contributed by atoms with Gasteiger partial charge in [0.25, 0.3) is 17.3 Å². The first-order valence-electron chi connectivity index (χ1n) is 8.07. The first kappa shape index (κ1) is 19.6. The topological polar surface area (TPSA) is 128 Å². The van der Waals surface area contributed by atoms with Gasteiger partial charge in [0, 0.05) is 28.9 Å². The van der Waals surface area contributed by atoms with E-state index in [-0.39, 0.29) is 5.56 Å². The van der Waals surface area contributed by atoms with Crippen molar-refractivity contribution in [2.75, 3.05) is 6.54 Å². The summed E-state index contributed by atoms with van der Waals surface area (Å²) >= 11 is 3.15. The third-order valence-corrected chi connectivity index (χ3v) is 5.72. The molecule has 3 aromatic rings. The van der Waals surface area contributed by atoms with Crippen molar-refractivity contribution < 1.29 is 14.6 Å². The molecule has 2 heterocycles. The van der Waals surface area contributed by atoms with Crippen LogP contribution in [-0.2, 0) is 6.42 Å². The number of nitrogens with one attached hydrogen (secondary N) is 1. The molecule has 1 aromatic carbocycles. The molecular formula is C17H14N4O5S2. The molecule has 0 saturated heterocycles. The molecule has 0 saturated carbocycles. The van der Waals surface area contributed by atoms with Crippen molar-refractivity contribution in [3.05, 3.63) is 71.4 Å². The second-order valence-electron chi connectivity index (χ2n) is 5.78. The highest BCUT2D eigenvalue weighted by Gasteiger charge is 2.19. The predicted molar refractivity (Wildman–Crippen MR) is 106 cm³/mol. The Morgan fingerprint density at radius 3 is 2.39 bits per heavy atom. The van der Waals surface area contributed by atoms with E-state index in [0.717, 1.165) is 38.7 Å². The molecule has 9 nitrogen and oxygen atoms in total. The number of carbonyl (C=O) groups is 1. The van der Waals surface area contributed by atoms with Gasteiger partial charge in [-0.25, -0.2) is 4.98 Å². The van der Waals surface area contributed by atoms with Gasteiger partial charge in [-0.2, -0.15) is 0 Å². The van der Waals surface area contributed by atoms with Crippen LogP contribution < -0.4 is 5.32 Å². The lowest BCUT2D eigenvalue weighted by atomic mass is 10.1. The number of rotatable bonds is 7. The molecule has 1 amide bonds. The zero-order valence-corrected chi connectivity index (χ0v) is 16.2. The van der Waals surface area contributed by atoms with Gasteiger partial charge < -0.3 is 5.32 Å². The highest BCUT2D eigenvalue weighted by Crippen LogP contribution is 2.29. The number of hydrogen-bond donors (Lipinski definition) is 1. The van der Waals surface area contributed by atoms with Crippen LogP contribution in [0, 0.1) is 27.2 Å². The highest BCUT2D eigenvalue weighted by molar-refractivity contribution is 7.16. The van der Waals surface area contributed by atoms with Crippen LogP contribution in [-0.4, -0.2) is 27.3 Å². The van der Waals surface area contributed by atoms with E-state index in [2.05, 4.69) is 10.3 Å². The maximum absolute atomic E-state index is 12.3.